The van der Waals surface area contributed by atoms with Gasteiger partial charge in [0.15, 0.2) is 0 Å². The van der Waals surface area contributed by atoms with Gasteiger partial charge < -0.3 is 9.88 Å². The van der Waals surface area contributed by atoms with Crippen LogP contribution >= 0.6 is 0 Å². The number of rotatable bonds is 7. The number of nitrogens with one attached hydrogen (secondary N) is 2. The van der Waals surface area contributed by atoms with Crippen molar-refractivity contribution >= 4 is 22.0 Å². The summed E-state index contributed by atoms with van der Waals surface area (Å²) in [5.74, 6) is -0.724. The minimum absolute atomic E-state index is 0.0877. The van der Waals surface area contributed by atoms with Crippen LogP contribution in [0, 0.1) is 0 Å². The Morgan fingerprint density at radius 3 is 2.32 bits per heavy atom. The van der Waals surface area contributed by atoms with E-state index in [-0.39, 0.29) is 24.0 Å². The van der Waals surface area contributed by atoms with Gasteiger partial charge in [0.25, 0.3) is 5.56 Å². The Morgan fingerprint density at radius 1 is 1.20 bits per heavy atom. The Morgan fingerprint density at radius 2 is 1.80 bits per heavy atom. The molecule has 2 N–H and O–H groups in total. The molecule has 0 atom stereocenters. The molecule has 1 aromatic heterocycles. The first kappa shape index (κ1) is 20.8. The monoisotopic (exact) mass is 372 g/mol. The number of amides is 3. The largest absolute Gasteiger partial charge is 0.336 e. The van der Waals surface area contributed by atoms with Crippen LogP contribution in [0.4, 0.5) is 4.79 Å². The molecule has 0 saturated carbocycles. The number of hydrogen-bond donors (Lipinski definition) is 2. The van der Waals surface area contributed by atoms with Crippen molar-refractivity contribution in [3.8, 4) is 0 Å². The summed E-state index contributed by atoms with van der Waals surface area (Å²) in [5, 5.41) is 4.56. The van der Waals surface area contributed by atoms with Gasteiger partial charge in [-0.25, -0.2) is 13.2 Å². The summed E-state index contributed by atoms with van der Waals surface area (Å²) in [6.45, 7) is 6.98. The first-order valence-electron chi connectivity index (χ1n) is 7.92. The van der Waals surface area contributed by atoms with Crippen molar-refractivity contribution in [3.63, 3.8) is 0 Å². The lowest BCUT2D eigenvalue weighted by atomic mass is 10.4. The summed E-state index contributed by atoms with van der Waals surface area (Å²) in [7, 11) is -3.75. The van der Waals surface area contributed by atoms with Crippen LogP contribution < -0.4 is 16.2 Å². The smallest absolute Gasteiger partial charge is 0.321 e. The highest BCUT2D eigenvalue weighted by atomic mass is 32.2. The Bertz CT molecular complexity index is 781. The first-order chi connectivity index (χ1) is 11.6. The van der Waals surface area contributed by atoms with Gasteiger partial charge in [0.2, 0.25) is 15.9 Å². The maximum absolute atomic E-state index is 12.5. The molecule has 3 amide bonds. The highest BCUT2D eigenvalue weighted by Crippen LogP contribution is 2.13. The molecule has 0 aliphatic heterocycles. The predicted molar refractivity (Wildman–Crippen MR) is 92.6 cm³/mol. The van der Waals surface area contributed by atoms with Gasteiger partial charge in [-0.05, 0) is 19.9 Å². The average Bonchev–Trinajstić information content (AvgIpc) is 2.49. The lowest BCUT2D eigenvalue weighted by Gasteiger charge is -2.19. The van der Waals surface area contributed by atoms with Crippen molar-refractivity contribution in [1.29, 1.82) is 0 Å². The Labute approximate surface area is 147 Å². The van der Waals surface area contributed by atoms with E-state index in [0.29, 0.717) is 0 Å². The van der Waals surface area contributed by atoms with Crippen LogP contribution in [0.2, 0.25) is 0 Å². The number of hydrogen-bond acceptors (Lipinski definition) is 5. The van der Waals surface area contributed by atoms with E-state index in [0.717, 1.165) is 16.8 Å². The standard InChI is InChI=1S/C15H24N4O5S/c1-5-19(6-2)25(23,24)12-7-8-14(21)18(9-12)10-13(20)17-15(22)16-11(3)4/h7-9,11H,5-6,10H2,1-4H3,(H2,16,17,20,22). The molecule has 140 valence electrons. The molecule has 0 aliphatic rings. The Balaban J connectivity index is 3.01. The fourth-order valence-electron chi connectivity index (χ4n) is 2.12. The topological polar surface area (TPSA) is 118 Å². The number of sulfonamides is 1. The van der Waals surface area contributed by atoms with Gasteiger partial charge in [0.1, 0.15) is 6.54 Å². The average molecular weight is 372 g/mol. The van der Waals surface area contributed by atoms with Gasteiger partial charge in [-0.3, -0.25) is 14.9 Å². The fourth-order valence-corrected chi connectivity index (χ4v) is 3.60. The SMILES string of the molecule is CCN(CC)S(=O)(=O)c1ccc(=O)n(CC(=O)NC(=O)NC(C)C)c1. The van der Waals surface area contributed by atoms with Crippen molar-refractivity contribution in [2.24, 2.45) is 0 Å². The Kier molecular flexibility index (Phi) is 7.31. The number of carbonyl (C=O) groups is 2. The molecule has 0 spiro atoms. The fraction of sp³-hybridized carbons (Fsp3) is 0.533. The summed E-state index contributed by atoms with van der Waals surface area (Å²) in [6, 6.07) is 1.45. The van der Waals surface area contributed by atoms with E-state index < -0.39 is 34.1 Å². The molecule has 0 aliphatic carbocycles. The van der Waals surface area contributed by atoms with Crippen molar-refractivity contribution in [2.45, 2.75) is 45.2 Å². The van der Waals surface area contributed by atoms with E-state index in [2.05, 4.69) is 10.6 Å². The summed E-state index contributed by atoms with van der Waals surface area (Å²) in [5.41, 5.74) is -0.544. The molecule has 0 fully saturated rings. The van der Waals surface area contributed by atoms with Gasteiger partial charge in [0.05, 0.1) is 4.90 Å². The Hall–Kier alpha value is -2.20. The molecule has 0 unspecified atom stereocenters. The van der Waals surface area contributed by atoms with E-state index in [1.54, 1.807) is 27.7 Å². The van der Waals surface area contributed by atoms with E-state index in [1.807, 2.05) is 0 Å². The third-order valence-electron chi connectivity index (χ3n) is 3.29. The predicted octanol–water partition coefficient (Wildman–Crippen LogP) is 0.113. The van der Waals surface area contributed by atoms with Gasteiger partial charge in [0, 0.05) is 31.4 Å². The summed E-state index contributed by atoms with van der Waals surface area (Å²) < 4.78 is 27.2. The molecule has 10 heteroatoms. The first-order valence-corrected chi connectivity index (χ1v) is 9.36. The van der Waals surface area contributed by atoms with Crippen LogP contribution in [-0.2, 0) is 21.4 Å². The van der Waals surface area contributed by atoms with Crippen LogP contribution in [-0.4, -0.2) is 48.4 Å². The van der Waals surface area contributed by atoms with Crippen molar-refractivity contribution in [1.82, 2.24) is 19.5 Å². The number of aromatic nitrogens is 1. The third-order valence-corrected chi connectivity index (χ3v) is 5.32. The lowest BCUT2D eigenvalue weighted by molar-refractivity contribution is -0.120. The molecule has 0 radical (unpaired) electrons. The number of urea groups is 1. The zero-order valence-corrected chi connectivity index (χ0v) is 15.6. The van der Waals surface area contributed by atoms with E-state index in [4.69, 9.17) is 0 Å². The molecule has 25 heavy (non-hydrogen) atoms. The summed E-state index contributed by atoms with van der Waals surface area (Å²) in [6.07, 6.45) is 1.11. The van der Waals surface area contributed by atoms with Gasteiger partial charge in [-0.1, -0.05) is 13.8 Å². The number of nitrogens with zero attached hydrogens (tertiary/aromatic N) is 2. The zero-order valence-electron chi connectivity index (χ0n) is 14.8. The van der Waals surface area contributed by atoms with Crippen LogP contribution in [0.5, 0.6) is 0 Å². The van der Waals surface area contributed by atoms with Crippen LogP contribution in [0.1, 0.15) is 27.7 Å². The minimum atomic E-state index is -3.75. The molecule has 9 nitrogen and oxygen atoms in total. The van der Waals surface area contributed by atoms with Crippen LogP contribution in [0.3, 0.4) is 0 Å². The maximum atomic E-state index is 12.5. The van der Waals surface area contributed by atoms with Crippen molar-refractivity contribution in [2.75, 3.05) is 13.1 Å². The minimum Gasteiger partial charge on any atom is -0.336 e. The molecule has 1 rings (SSSR count). The molecular weight excluding hydrogens is 348 g/mol. The quantitative estimate of drug-likeness (QED) is 0.704. The zero-order chi connectivity index (χ0) is 19.2. The summed E-state index contributed by atoms with van der Waals surface area (Å²) >= 11 is 0. The van der Waals surface area contributed by atoms with Crippen molar-refractivity contribution in [3.05, 3.63) is 28.7 Å². The highest BCUT2D eigenvalue weighted by Gasteiger charge is 2.22. The number of pyridine rings is 1. The molecular formula is C15H24N4O5S. The molecule has 1 heterocycles. The third kappa shape index (κ3) is 5.68. The van der Waals surface area contributed by atoms with E-state index in [9.17, 15) is 22.8 Å². The lowest BCUT2D eigenvalue weighted by Crippen LogP contribution is -2.44. The molecule has 0 aromatic carbocycles. The molecule has 1 aromatic rings. The van der Waals surface area contributed by atoms with Gasteiger partial charge in [-0.2, -0.15) is 4.31 Å². The van der Waals surface area contributed by atoms with E-state index >= 15 is 0 Å². The normalized spacial score (nSPS) is 11.6. The summed E-state index contributed by atoms with van der Waals surface area (Å²) in [4.78, 5) is 35.2. The van der Waals surface area contributed by atoms with Gasteiger partial charge >= 0.3 is 6.03 Å². The van der Waals surface area contributed by atoms with Crippen LogP contribution in [0.15, 0.2) is 28.0 Å². The molecule has 0 bridgehead atoms. The second-order valence-corrected chi connectivity index (χ2v) is 7.53. The second-order valence-electron chi connectivity index (χ2n) is 5.60. The maximum Gasteiger partial charge on any atom is 0.321 e. The van der Waals surface area contributed by atoms with Gasteiger partial charge in [-0.15, -0.1) is 0 Å². The second kappa shape index (κ2) is 8.77. The molecule has 0 saturated heterocycles. The van der Waals surface area contributed by atoms with E-state index in [1.165, 1.54) is 10.4 Å². The van der Waals surface area contributed by atoms with Crippen molar-refractivity contribution < 1.29 is 18.0 Å². The van der Waals surface area contributed by atoms with Crippen LogP contribution in [0.25, 0.3) is 0 Å². The number of carbonyl (C=O) groups excluding carboxylic acids is 2. The highest BCUT2D eigenvalue weighted by molar-refractivity contribution is 7.89. The number of imide groups is 1.